The summed E-state index contributed by atoms with van der Waals surface area (Å²) in [6, 6.07) is 0. The summed E-state index contributed by atoms with van der Waals surface area (Å²) in [7, 11) is 0. The molecule has 1 aliphatic rings. The predicted molar refractivity (Wildman–Crippen MR) is 89.1 cm³/mol. The summed E-state index contributed by atoms with van der Waals surface area (Å²) in [6.45, 7) is 5.56. The number of hydrogen-bond acceptors (Lipinski definition) is 4. The third kappa shape index (κ3) is 2.45. The number of fused-ring (bicyclic) bond motifs is 3. The van der Waals surface area contributed by atoms with Gasteiger partial charge in [0.15, 0.2) is 0 Å². The van der Waals surface area contributed by atoms with Crippen LogP contribution in [0.4, 0.5) is 0 Å². The van der Waals surface area contributed by atoms with Crippen LogP contribution in [0.15, 0.2) is 4.79 Å². The van der Waals surface area contributed by atoms with Gasteiger partial charge < -0.3 is 0 Å². The monoisotopic (exact) mass is 319 g/mol. The van der Waals surface area contributed by atoms with Gasteiger partial charge >= 0.3 is 0 Å². The second-order valence-electron chi connectivity index (χ2n) is 6.04. The molecule has 5 nitrogen and oxygen atoms in total. The molecule has 2 heterocycles. The van der Waals surface area contributed by atoms with Crippen LogP contribution < -0.4 is 11.0 Å². The van der Waals surface area contributed by atoms with Crippen molar-refractivity contribution in [3.05, 3.63) is 26.6 Å². The molecule has 0 atom stereocenters. The minimum atomic E-state index is -0.177. The molecule has 0 saturated carbocycles. The molecule has 0 radical (unpaired) electrons. The predicted octanol–water partition coefficient (Wildman–Crippen LogP) is 2.63. The molecule has 0 aliphatic heterocycles. The smallest absolute Gasteiger partial charge is 0.273 e. The molecule has 6 heteroatoms. The number of amides is 1. The molecule has 1 aliphatic carbocycles. The lowest BCUT2D eigenvalue weighted by atomic mass is 9.97. The van der Waals surface area contributed by atoms with Crippen molar-refractivity contribution in [1.29, 1.82) is 0 Å². The molecular weight excluding hydrogens is 298 g/mol. The van der Waals surface area contributed by atoms with Crippen LogP contribution in [-0.2, 0) is 24.1 Å². The molecule has 1 N–H and O–H groups in total. The average Bonchev–Trinajstić information content (AvgIpc) is 2.87. The van der Waals surface area contributed by atoms with Gasteiger partial charge in [-0.25, -0.2) is 9.66 Å². The SMILES string of the molecule is CCc1nc2sc3c(c2c(=O)n1NC(=O)C(C)C)CCCC3. The Bertz CT molecular complexity index is 789. The van der Waals surface area contributed by atoms with E-state index < -0.39 is 0 Å². The highest BCUT2D eigenvalue weighted by Gasteiger charge is 2.22. The van der Waals surface area contributed by atoms with E-state index in [4.69, 9.17) is 0 Å². The van der Waals surface area contributed by atoms with Gasteiger partial charge in [0, 0.05) is 17.2 Å². The van der Waals surface area contributed by atoms with E-state index in [9.17, 15) is 9.59 Å². The van der Waals surface area contributed by atoms with Crippen molar-refractivity contribution in [3.63, 3.8) is 0 Å². The molecule has 2 aromatic rings. The van der Waals surface area contributed by atoms with E-state index in [2.05, 4.69) is 10.4 Å². The minimum Gasteiger partial charge on any atom is -0.273 e. The molecule has 0 unspecified atom stereocenters. The number of rotatable bonds is 3. The fourth-order valence-corrected chi connectivity index (χ4v) is 4.11. The summed E-state index contributed by atoms with van der Waals surface area (Å²) in [5.41, 5.74) is 3.75. The van der Waals surface area contributed by atoms with Gasteiger partial charge in [-0.15, -0.1) is 11.3 Å². The zero-order chi connectivity index (χ0) is 15.9. The molecule has 0 bridgehead atoms. The first-order valence-corrected chi connectivity index (χ1v) is 8.71. The Morgan fingerprint density at radius 1 is 1.36 bits per heavy atom. The Kier molecular flexibility index (Phi) is 4.04. The molecule has 0 spiro atoms. The lowest BCUT2D eigenvalue weighted by Crippen LogP contribution is -2.38. The van der Waals surface area contributed by atoms with Gasteiger partial charge in [0.1, 0.15) is 10.7 Å². The maximum atomic E-state index is 12.9. The summed E-state index contributed by atoms with van der Waals surface area (Å²) in [4.78, 5) is 31.7. The quantitative estimate of drug-likeness (QED) is 0.946. The summed E-state index contributed by atoms with van der Waals surface area (Å²) >= 11 is 1.64. The minimum absolute atomic E-state index is 0.129. The number of aryl methyl sites for hydroxylation is 3. The highest BCUT2D eigenvalue weighted by molar-refractivity contribution is 7.18. The van der Waals surface area contributed by atoms with Crippen LogP contribution in [0.25, 0.3) is 10.2 Å². The lowest BCUT2D eigenvalue weighted by Gasteiger charge is -2.14. The highest BCUT2D eigenvalue weighted by Crippen LogP contribution is 2.33. The van der Waals surface area contributed by atoms with Crippen LogP contribution in [0.1, 0.15) is 49.9 Å². The third-order valence-corrected chi connectivity index (χ3v) is 5.31. The summed E-state index contributed by atoms with van der Waals surface area (Å²) in [5.74, 6) is 0.274. The van der Waals surface area contributed by atoms with E-state index in [1.807, 2.05) is 20.8 Å². The molecule has 0 fully saturated rings. The summed E-state index contributed by atoms with van der Waals surface area (Å²) < 4.78 is 1.35. The zero-order valence-corrected chi connectivity index (χ0v) is 14.0. The van der Waals surface area contributed by atoms with Crippen LogP contribution in [0.2, 0.25) is 0 Å². The van der Waals surface area contributed by atoms with Crippen LogP contribution in [0.5, 0.6) is 0 Å². The molecule has 2 aromatic heterocycles. The summed E-state index contributed by atoms with van der Waals surface area (Å²) in [6.07, 6.45) is 4.88. The van der Waals surface area contributed by atoms with Gasteiger partial charge in [0.05, 0.1) is 5.39 Å². The Morgan fingerprint density at radius 3 is 2.77 bits per heavy atom. The number of nitrogens with zero attached hydrogens (tertiary/aromatic N) is 2. The van der Waals surface area contributed by atoms with Crippen LogP contribution in [0.3, 0.4) is 0 Å². The lowest BCUT2D eigenvalue weighted by molar-refractivity contribution is -0.119. The molecule has 118 valence electrons. The van der Waals surface area contributed by atoms with Crippen molar-refractivity contribution in [1.82, 2.24) is 9.66 Å². The maximum absolute atomic E-state index is 12.9. The van der Waals surface area contributed by atoms with Crippen molar-refractivity contribution < 1.29 is 4.79 Å². The Morgan fingerprint density at radius 2 is 2.09 bits per heavy atom. The van der Waals surface area contributed by atoms with Crippen molar-refractivity contribution >= 4 is 27.5 Å². The highest BCUT2D eigenvalue weighted by atomic mass is 32.1. The fourth-order valence-electron chi connectivity index (χ4n) is 2.84. The normalized spacial score (nSPS) is 14.4. The van der Waals surface area contributed by atoms with Gasteiger partial charge in [-0.05, 0) is 31.2 Å². The molecule has 1 amide bonds. The molecule has 0 saturated heterocycles. The number of hydrogen-bond donors (Lipinski definition) is 1. The van der Waals surface area contributed by atoms with Crippen molar-refractivity contribution in [2.75, 3.05) is 5.43 Å². The van der Waals surface area contributed by atoms with Crippen LogP contribution in [0, 0.1) is 5.92 Å². The van der Waals surface area contributed by atoms with Crippen LogP contribution in [-0.4, -0.2) is 15.6 Å². The second-order valence-corrected chi connectivity index (χ2v) is 7.13. The Balaban J connectivity index is 2.20. The standard InChI is InChI=1S/C16H21N3O2S/c1-4-12-17-15-13(10-7-5-6-8-11(10)22-15)16(21)19(12)18-14(20)9(2)3/h9H,4-8H2,1-3H3,(H,18,20). The summed E-state index contributed by atoms with van der Waals surface area (Å²) in [5, 5.41) is 0.709. The number of carbonyl (C=O) groups is 1. The van der Waals surface area contributed by atoms with E-state index in [1.54, 1.807) is 11.3 Å². The van der Waals surface area contributed by atoms with E-state index in [0.29, 0.717) is 17.6 Å². The first-order chi connectivity index (χ1) is 10.5. The van der Waals surface area contributed by atoms with Gasteiger partial charge in [0.2, 0.25) is 5.91 Å². The van der Waals surface area contributed by atoms with Crippen molar-refractivity contribution in [2.24, 2.45) is 5.92 Å². The third-order valence-electron chi connectivity index (χ3n) is 4.12. The first-order valence-electron chi connectivity index (χ1n) is 7.90. The first kappa shape index (κ1) is 15.2. The molecule has 3 rings (SSSR count). The number of thiophene rings is 1. The van der Waals surface area contributed by atoms with Gasteiger partial charge in [-0.3, -0.25) is 15.0 Å². The number of nitrogens with one attached hydrogen (secondary N) is 1. The van der Waals surface area contributed by atoms with Gasteiger partial charge in [-0.1, -0.05) is 20.8 Å². The van der Waals surface area contributed by atoms with E-state index in [1.165, 1.54) is 16.0 Å². The molecule has 0 aromatic carbocycles. The van der Waals surface area contributed by atoms with Crippen molar-refractivity contribution in [3.8, 4) is 0 Å². The van der Waals surface area contributed by atoms with Crippen molar-refractivity contribution in [2.45, 2.75) is 52.9 Å². The molecule has 22 heavy (non-hydrogen) atoms. The number of aromatic nitrogens is 2. The van der Waals surface area contributed by atoms with Gasteiger partial charge in [0.25, 0.3) is 5.56 Å². The Hall–Kier alpha value is -1.69. The molecular formula is C16H21N3O2S. The second kappa shape index (κ2) is 5.83. The van der Waals surface area contributed by atoms with Crippen LogP contribution >= 0.6 is 11.3 Å². The largest absolute Gasteiger partial charge is 0.281 e. The van der Waals surface area contributed by atoms with E-state index in [0.717, 1.165) is 29.7 Å². The van der Waals surface area contributed by atoms with E-state index >= 15 is 0 Å². The zero-order valence-electron chi connectivity index (χ0n) is 13.2. The Labute approximate surface area is 133 Å². The average molecular weight is 319 g/mol. The maximum Gasteiger partial charge on any atom is 0.281 e. The fraction of sp³-hybridized carbons (Fsp3) is 0.562. The van der Waals surface area contributed by atoms with E-state index in [-0.39, 0.29) is 17.4 Å². The van der Waals surface area contributed by atoms with Gasteiger partial charge in [-0.2, -0.15) is 0 Å². The topological polar surface area (TPSA) is 64.0 Å². The number of carbonyl (C=O) groups excluding carboxylic acids is 1.